The van der Waals surface area contributed by atoms with Crippen molar-refractivity contribution in [3.8, 4) is 0 Å². The summed E-state index contributed by atoms with van der Waals surface area (Å²) in [6, 6.07) is 9.43. The summed E-state index contributed by atoms with van der Waals surface area (Å²) in [7, 11) is 0. The number of nitrogens with one attached hydrogen (secondary N) is 1. The second-order valence-corrected chi connectivity index (χ2v) is 3.95. The Hall–Kier alpha value is -0.980. The number of fused-ring (bicyclic) bond motifs is 1. The smallest absolute Gasteiger partial charge is 0.0375 e. The number of benzene rings is 1. The van der Waals surface area contributed by atoms with E-state index in [1.165, 1.54) is 30.5 Å². The first-order valence-electron chi connectivity index (χ1n) is 4.78. The zero-order valence-corrected chi connectivity index (χ0v) is 7.09. The molecule has 0 aromatic heterocycles. The van der Waals surface area contributed by atoms with Crippen molar-refractivity contribution in [2.45, 2.75) is 25.3 Å². The van der Waals surface area contributed by atoms with Crippen LogP contribution in [0.2, 0.25) is 0 Å². The molecule has 1 unspecified atom stereocenters. The Kier molecular flexibility index (Phi) is 1.23. The van der Waals surface area contributed by atoms with Crippen molar-refractivity contribution in [2.24, 2.45) is 5.92 Å². The van der Waals surface area contributed by atoms with Gasteiger partial charge in [-0.3, -0.25) is 0 Å². The highest BCUT2D eigenvalue weighted by Crippen LogP contribution is 2.39. The second-order valence-electron chi connectivity index (χ2n) is 3.95. The van der Waals surface area contributed by atoms with Gasteiger partial charge in [-0.15, -0.1) is 0 Å². The first-order valence-corrected chi connectivity index (χ1v) is 4.78. The van der Waals surface area contributed by atoms with Crippen molar-refractivity contribution in [1.82, 2.24) is 0 Å². The average molecular weight is 159 g/mol. The Morgan fingerprint density at radius 1 is 1.17 bits per heavy atom. The van der Waals surface area contributed by atoms with E-state index in [-0.39, 0.29) is 0 Å². The number of rotatable bonds is 1. The highest BCUT2D eigenvalue weighted by Gasteiger charge is 2.34. The predicted molar refractivity (Wildman–Crippen MR) is 50.3 cm³/mol. The maximum Gasteiger partial charge on any atom is 0.0375 e. The SMILES string of the molecule is c1ccc2c(c1)CC(C1CC1)N2. The Balaban J connectivity index is 1.89. The molecule has 3 rings (SSSR count). The Bertz CT molecular complexity index is 277. The summed E-state index contributed by atoms with van der Waals surface area (Å²) in [5, 5.41) is 3.60. The molecule has 0 bridgehead atoms. The van der Waals surface area contributed by atoms with Crippen molar-refractivity contribution < 1.29 is 0 Å². The van der Waals surface area contributed by atoms with E-state index in [2.05, 4.69) is 29.6 Å². The lowest BCUT2D eigenvalue weighted by molar-refractivity contribution is 0.660. The summed E-state index contributed by atoms with van der Waals surface area (Å²) in [5.74, 6) is 0.970. The van der Waals surface area contributed by atoms with Crippen LogP contribution >= 0.6 is 0 Å². The highest BCUT2D eigenvalue weighted by molar-refractivity contribution is 5.56. The van der Waals surface area contributed by atoms with Crippen LogP contribution < -0.4 is 5.32 Å². The minimum absolute atomic E-state index is 0.752. The van der Waals surface area contributed by atoms with E-state index in [4.69, 9.17) is 0 Å². The molecule has 1 fully saturated rings. The fourth-order valence-corrected chi connectivity index (χ4v) is 2.11. The van der Waals surface area contributed by atoms with Crippen LogP contribution in [0.5, 0.6) is 0 Å². The maximum atomic E-state index is 3.60. The third kappa shape index (κ3) is 0.927. The molecule has 1 aromatic carbocycles. The Morgan fingerprint density at radius 2 is 2.00 bits per heavy atom. The van der Waals surface area contributed by atoms with Gasteiger partial charge in [-0.05, 0) is 36.8 Å². The van der Waals surface area contributed by atoms with Crippen LogP contribution in [0.25, 0.3) is 0 Å². The zero-order chi connectivity index (χ0) is 7.97. The molecule has 1 aromatic rings. The van der Waals surface area contributed by atoms with Crippen LogP contribution in [-0.4, -0.2) is 6.04 Å². The van der Waals surface area contributed by atoms with Gasteiger partial charge in [0.25, 0.3) is 0 Å². The molecule has 0 amide bonds. The van der Waals surface area contributed by atoms with Crippen LogP contribution in [0, 0.1) is 5.92 Å². The maximum absolute atomic E-state index is 3.60. The standard InChI is InChI=1S/C11H13N/c1-2-4-10-9(3-1)7-11(12-10)8-5-6-8/h1-4,8,11-12H,5-7H2. The van der Waals surface area contributed by atoms with Crippen molar-refractivity contribution >= 4 is 5.69 Å². The first kappa shape index (κ1) is 6.53. The van der Waals surface area contributed by atoms with Crippen LogP contribution in [0.3, 0.4) is 0 Å². The molecular weight excluding hydrogens is 146 g/mol. The molecule has 1 aliphatic carbocycles. The van der Waals surface area contributed by atoms with Gasteiger partial charge in [0.2, 0.25) is 0 Å². The van der Waals surface area contributed by atoms with Crippen LogP contribution in [0.1, 0.15) is 18.4 Å². The molecule has 1 heteroatoms. The van der Waals surface area contributed by atoms with E-state index in [0.717, 1.165) is 12.0 Å². The minimum atomic E-state index is 0.752. The average Bonchev–Trinajstić information content (AvgIpc) is 2.85. The lowest BCUT2D eigenvalue weighted by Gasteiger charge is -2.07. The molecule has 0 spiro atoms. The number of hydrogen-bond donors (Lipinski definition) is 1. The second kappa shape index (κ2) is 2.25. The van der Waals surface area contributed by atoms with Gasteiger partial charge in [-0.2, -0.15) is 0 Å². The van der Waals surface area contributed by atoms with Gasteiger partial charge in [-0.25, -0.2) is 0 Å². The van der Waals surface area contributed by atoms with Gasteiger partial charge < -0.3 is 5.32 Å². The molecule has 12 heavy (non-hydrogen) atoms. The van der Waals surface area contributed by atoms with E-state index < -0.39 is 0 Å². The third-order valence-electron chi connectivity index (χ3n) is 2.99. The summed E-state index contributed by atoms with van der Waals surface area (Å²) in [4.78, 5) is 0. The molecule has 1 atom stereocenters. The molecule has 1 saturated carbocycles. The van der Waals surface area contributed by atoms with Gasteiger partial charge in [0.1, 0.15) is 0 Å². The fraction of sp³-hybridized carbons (Fsp3) is 0.455. The monoisotopic (exact) mass is 159 g/mol. The molecule has 1 N–H and O–H groups in total. The fourth-order valence-electron chi connectivity index (χ4n) is 2.11. The molecule has 1 nitrogen and oxygen atoms in total. The van der Waals surface area contributed by atoms with Gasteiger partial charge in [0.15, 0.2) is 0 Å². The highest BCUT2D eigenvalue weighted by atomic mass is 15.0. The number of para-hydroxylation sites is 1. The van der Waals surface area contributed by atoms with Gasteiger partial charge in [0.05, 0.1) is 0 Å². The minimum Gasteiger partial charge on any atom is -0.381 e. The molecule has 2 aliphatic rings. The van der Waals surface area contributed by atoms with E-state index in [1.54, 1.807) is 0 Å². The van der Waals surface area contributed by atoms with E-state index in [1.807, 2.05) is 0 Å². The normalized spacial score (nSPS) is 26.5. The van der Waals surface area contributed by atoms with Gasteiger partial charge >= 0.3 is 0 Å². The largest absolute Gasteiger partial charge is 0.381 e. The number of anilines is 1. The molecule has 1 heterocycles. The quantitative estimate of drug-likeness (QED) is 0.663. The topological polar surface area (TPSA) is 12.0 Å². The Morgan fingerprint density at radius 3 is 2.75 bits per heavy atom. The molecule has 0 radical (unpaired) electrons. The summed E-state index contributed by atoms with van der Waals surface area (Å²) in [6.45, 7) is 0. The van der Waals surface area contributed by atoms with Crippen molar-refractivity contribution in [1.29, 1.82) is 0 Å². The van der Waals surface area contributed by atoms with Crippen LogP contribution in [-0.2, 0) is 6.42 Å². The van der Waals surface area contributed by atoms with Crippen molar-refractivity contribution in [2.75, 3.05) is 5.32 Å². The molecule has 1 aliphatic heterocycles. The molecular formula is C11H13N. The predicted octanol–water partition coefficient (Wildman–Crippen LogP) is 2.43. The van der Waals surface area contributed by atoms with Gasteiger partial charge in [0, 0.05) is 11.7 Å². The summed E-state index contributed by atoms with van der Waals surface area (Å²) < 4.78 is 0. The number of hydrogen-bond acceptors (Lipinski definition) is 1. The Labute approximate surface area is 72.8 Å². The third-order valence-corrected chi connectivity index (χ3v) is 2.99. The van der Waals surface area contributed by atoms with Crippen LogP contribution in [0.15, 0.2) is 24.3 Å². The zero-order valence-electron chi connectivity index (χ0n) is 7.09. The van der Waals surface area contributed by atoms with Crippen molar-refractivity contribution in [3.05, 3.63) is 29.8 Å². The van der Waals surface area contributed by atoms with Crippen LogP contribution in [0.4, 0.5) is 5.69 Å². The summed E-state index contributed by atoms with van der Waals surface area (Å²) in [6.07, 6.45) is 4.12. The first-order chi connectivity index (χ1) is 5.93. The lowest BCUT2D eigenvalue weighted by Crippen LogP contribution is -2.17. The van der Waals surface area contributed by atoms with E-state index in [9.17, 15) is 0 Å². The van der Waals surface area contributed by atoms with E-state index >= 15 is 0 Å². The van der Waals surface area contributed by atoms with E-state index in [0.29, 0.717) is 0 Å². The summed E-state index contributed by atoms with van der Waals surface area (Å²) in [5.41, 5.74) is 2.88. The van der Waals surface area contributed by atoms with Gasteiger partial charge in [-0.1, -0.05) is 18.2 Å². The molecule has 62 valence electrons. The lowest BCUT2D eigenvalue weighted by atomic mass is 10.1. The summed E-state index contributed by atoms with van der Waals surface area (Å²) >= 11 is 0. The molecule has 0 saturated heterocycles. The van der Waals surface area contributed by atoms with Crippen molar-refractivity contribution in [3.63, 3.8) is 0 Å².